The summed E-state index contributed by atoms with van der Waals surface area (Å²) in [7, 11) is 0. The first kappa shape index (κ1) is 10.5. The predicted octanol–water partition coefficient (Wildman–Crippen LogP) is 2.30. The molecule has 2 heterocycles. The van der Waals surface area contributed by atoms with Crippen LogP contribution in [0.3, 0.4) is 0 Å². The highest BCUT2D eigenvalue weighted by Gasteiger charge is 2.06. The maximum Gasteiger partial charge on any atom is 0.256 e. The smallest absolute Gasteiger partial charge is 0.256 e. The summed E-state index contributed by atoms with van der Waals surface area (Å²) in [4.78, 5) is 11.7. The Hall–Kier alpha value is -2.00. The fourth-order valence-electron chi connectivity index (χ4n) is 1.04. The van der Waals surface area contributed by atoms with E-state index in [0.29, 0.717) is 5.75 Å². The standard InChI is InChI=1S/C10H5BrN4O/c11-7-3-8(6-13-5-7)16-10-9(4-12)14-1-2-15-10/h1-3,5-6H. The van der Waals surface area contributed by atoms with E-state index in [1.807, 2.05) is 6.07 Å². The maximum absolute atomic E-state index is 8.79. The molecule has 2 rings (SSSR count). The lowest BCUT2D eigenvalue weighted by Crippen LogP contribution is -1.94. The zero-order chi connectivity index (χ0) is 11.4. The van der Waals surface area contributed by atoms with Gasteiger partial charge in [0.15, 0.2) is 0 Å². The van der Waals surface area contributed by atoms with Crippen molar-refractivity contribution < 1.29 is 4.74 Å². The Bertz CT molecular complexity index is 553. The molecule has 16 heavy (non-hydrogen) atoms. The van der Waals surface area contributed by atoms with Crippen LogP contribution in [0.1, 0.15) is 5.69 Å². The summed E-state index contributed by atoms with van der Waals surface area (Å²) in [6, 6.07) is 3.62. The molecule has 0 spiro atoms. The van der Waals surface area contributed by atoms with Gasteiger partial charge in [-0.2, -0.15) is 5.26 Å². The number of nitriles is 1. The molecule has 0 unspecified atom stereocenters. The van der Waals surface area contributed by atoms with Crippen LogP contribution in [0.2, 0.25) is 0 Å². The molecular formula is C10H5BrN4O. The van der Waals surface area contributed by atoms with Crippen molar-refractivity contribution in [3.05, 3.63) is 41.0 Å². The fourth-order valence-corrected chi connectivity index (χ4v) is 1.38. The Labute approximate surface area is 99.9 Å². The first-order valence-electron chi connectivity index (χ1n) is 4.29. The topological polar surface area (TPSA) is 71.7 Å². The molecule has 0 aromatic carbocycles. The summed E-state index contributed by atoms with van der Waals surface area (Å²) in [5.74, 6) is 0.663. The molecule has 0 saturated heterocycles. The molecule has 0 fully saturated rings. The third kappa shape index (κ3) is 2.32. The minimum atomic E-state index is 0.141. The molecule has 0 radical (unpaired) electrons. The molecular weight excluding hydrogens is 272 g/mol. The van der Waals surface area contributed by atoms with E-state index in [2.05, 4.69) is 30.9 Å². The lowest BCUT2D eigenvalue weighted by atomic mass is 10.4. The Morgan fingerprint density at radius 1 is 1.25 bits per heavy atom. The van der Waals surface area contributed by atoms with Crippen LogP contribution in [-0.2, 0) is 0 Å². The molecule has 0 saturated carbocycles. The van der Waals surface area contributed by atoms with E-state index in [0.717, 1.165) is 4.47 Å². The van der Waals surface area contributed by atoms with Crippen LogP contribution < -0.4 is 4.74 Å². The second-order valence-electron chi connectivity index (χ2n) is 2.76. The van der Waals surface area contributed by atoms with Crippen molar-refractivity contribution in [2.45, 2.75) is 0 Å². The van der Waals surface area contributed by atoms with Crippen molar-refractivity contribution in [1.29, 1.82) is 5.26 Å². The van der Waals surface area contributed by atoms with Crippen LogP contribution in [0, 0.1) is 11.3 Å². The Balaban J connectivity index is 2.31. The molecule has 5 nitrogen and oxygen atoms in total. The summed E-state index contributed by atoms with van der Waals surface area (Å²) in [6.45, 7) is 0. The highest BCUT2D eigenvalue weighted by Crippen LogP contribution is 2.22. The molecule has 78 valence electrons. The zero-order valence-corrected chi connectivity index (χ0v) is 9.55. The zero-order valence-electron chi connectivity index (χ0n) is 7.96. The van der Waals surface area contributed by atoms with Crippen molar-refractivity contribution in [3.8, 4) is 17.7 Å². The van der Waals surface area contributed by atoms with E-state index in [9.17, 15) is 0 Å². The normalized spacial score (nSPS) is 9.50. The van der Waals surface area contributed by atoms with E-state index in [1.165, 1.54) is 18.6 Å². The van der Waals surface area contributed by atoms with Gasteiger partial charge in [0.25, 0.3) is 5.88 Å². The van der Waals surface area contributed by atoms with Gasteiger partial charge in [-0.25, -0.2) is 9.97 Å². The summed E-state index contributed by atoms with van der Waals surface area (Å²) in [5, 5.41) is 8.79. The SMILES string of the molecule is N#Cc1nccnc1Oc1cncc(Br)c1. The van der Waals surface area contributed by atoms with Crippen LogP contribution >= 0.6 is 15.9 Å². The Morgan fingerprint density at radius 2 is 2.06 bits per heavy atom. The summed E-state index contributed by atoms with van der Waals surface area (Å²) < 4.78 is 6.18. The molecule has 0 bridgehead atoms. The molecule has 0 aliphatic carbocycles. The minimum Gasteiger partial charge on any atom is -0.435 e. The van der Waals surface area contributed by atoms with Gasteiger partial charge in [0.1, 0.15) is 11.8 Å². The van der Waals surface area contributed by atoms with Gasteiger partial charge in [-0.05, 0) is 22.0 Å². The molecule has 0 atom stereocenters. The Kier molecular flexibility index (Phi) is 3.08. The van der Waals surface area contributed by atoms with Gasteiger partial charge in [-0.1, -0.05) is 0 Å². The van der Waals surface area contributed by atoms with E-state index in [4.69, 9.17) is 10.00 Å². The lowest BCUT2D eigenvalue weighted by molar-refractivity contribution is 0.455. The summed E-state index contributed by atoms with van der Waals surface area (Å²) >= 11 is 3.27. The lowest BCUT2D eigenvalue weighted by Gasteiger charge is -2.04. The van der Waals surface area contributed by atoms with Crippen LogP contribution in [0.4, 0.5) is 0 Å². The number of rotatable bonds is 2. The van der Waals surface area contributed by atoms with E-state index in [-0.39, 0.29) is 11.6 Å². The Morgan fingerprint density at radius 3 is 2.81 bits per heavy atom. The third-order valence-electron chi connectivity index (χ3n) is 1.66. The van der Waals surface area contributed by atoms with Gasteiger partial charge >= 0.3 is 0 Å². The third-order valence-corrected chi connectivity index (χ3v) is 2.10. The highest BCUT2D eigenvalue weighted by atomic mass is 79.9. The first-order chi connectivity index (χ1) is 7.79. The predicted molar refractivity (Wildman–Crippen MR) is 58.8 cm³/mol. The average molecular weight is 277 g/mol. The first-order valence-corrected chi connectivity index (χ1v) is 5.08. The molecule has 0 aliphatic heterocycles. The molecule has 6 heteroatoms. The molecule has 0 amide bonds. The molecule has 0 N–H and O–H groups in total. The van der Waals surface area contributed by atoms with Gasteiger partial charge in [0, 0.05) is 23.1 Å². The monoisotopic (exact) mass is 276 g/mol. The van der Waals surface area contributed by atoms with E-state index < -0.39 is 0 Å². The quantitative estimate of drug-likeness (QED) is 0.842. The van der Waals surface area contributed by atoms with Crippen molar-refractivity contribution in [3.63, 3.8) is 0 Å². The number of ether oxygens (including phenoxy) is 1. The van der Waals surface area contributed by atoms with Gasteiger partial charge in [0.05, 0.1) is 6.20 Å². The summed E-state index contributed by atoms with van der Waals surface area (Å²) in [5.41, 5.74) is 0.141. The minimum absolute atomic E-state index is 0.141. The van der Waals surface area contributed by atoms with Gasteiger partial charge in [-0.15, -0.1) is 0 Å². The van der Waals surface area contributed by atoms with E-state index in [1.54, 1.807) is 12.3 Å². The van der Waals surface area contributed by atoms with Gasteiger partial charge < -0.3 is 4.74 Å². The molecule has 2 aromatic heterocycles. The van der Waals surface area contributed by atoms with Crippen LogP contribution in [0.15, 0.2) is 35.3 Å². The van der Waals surface area contributed by atoms with Crippen molar-refractivity contribution >= 4 is 15.9 Å². The highest BCUT2D eigenvalue weighted by molar-refractivity contribution is 9.10. The summed E-state index contributed by atoms with van der Waals surface area (Å²) in [6.07, 6.45) is 6.06. The maximum atomic E-state index is 8.79. The van der Waals surface area contributed by atoms with Gasteiger partial charge in [0.2, 0.25) is 5.69 Å². The van der Waals surface area contributed by atoms with Crippen LogP contribution in [-0.4, -0.2) is 15.0 Å². The number of hydrogen-bond acceptors (Lipinski definition) is 5. The van der Waals surface area contributed by atoms with Gasteiger partial charge in [-0.3, -0.25) is 4.98 Å². The van der Waals surface area contributed by atoms with Crippen LogP contribution in [0.5, 0.6) is 11.6 Å². The number of aromatic nitrogens is 3. The largest absolute Gasteiger partial charge is 0.435 e. The van der Waals surface area contributed by atoms with Crippen molar-refractivity contribution in [2.24, 2.45) is 0 Å². The number of halogens is 1. The second kappa shape index (κ2) is 4.68. The van der Waals surface area contributed by atoms with Crippen molar-refractivity contribution in [1.82, 2.24) is 15.0 Å². The fraction of sp³-hybridized carbons (Fsp3) is 0. The van der Waals surface area contributed by atoms with Crippen LogP contribution in [0.25, 0.3) is 0 Å². The van der Waals surface area contributed by atoms with Crippen molar-refractivity contribution in [2.75, 3.05) is 0 Å². The number of nitrogens with zero attached hydrogens (tertiary/aromatic N) is 4. The molecule has 2 aromatic rings. The van der Waals surface area contributed by atoms with E-state index >= 15 is 0 Å². The average Bonchev–Trinajstić information content (AvgIpc) is 2.30. The molecule has 0 aliphatic rings. The number of hydrogen-bond donors (Lipinski definition) is 0. The number of pyridine rings is 1. The second-order valence-corrected chi connectivity index (χ2v) is 3.68.